The molecule has 7 nitrogen and oxygen atoms in total. The van der Waals surface area contributed by atoms with Crippen LogP contribution in [0.3, 0.4) is 0 Å². The van der Waals surface area contributed by atoms with Crippen LogP contribution >= 0.6 is 0 Å². The molecular formula is C19H24N4O3. The van der Waals surface area contributed by atoms with E-state index in [-0.39, 0.29) is 24.1 Å². The van der Waals surface area contributed by atoms with Crippen LogP contribution in [-0.4, -0.2) is 26.1 Å². The summed E-state index contributed by atoms with van der Waals surface area (Å²) in [4.78, 5) is 25.3. The quantitative estimate of drug-likeness (QED) is 0.782. The average Bonchev–Trinajstić information content (AvgIpc) is 3.17. The van der Waals surface area contributed by atoms with E-state index in [9.17, 15) is 9.59 Å². The third-order valence-electron chi connectivity index (χ3n) is 5.81. The fourth-order valence-corrected chi connectivity index (χ4v) is 4.11. The second-order valence-electron chi connectivity index (χ2n) is 7.49. The Balaban J connectivity index is 1.60. The average molecular weight is 356 g/mol. The molecule has 1 saturated carbocycles. The molecule has 0 bridgehead atoms. The lowest BCUT2D eigenvalue weighted by atomic mass is 9.78. The first-order valence-corrected chi connectivity index (χ1v) is 9.21. The number of aromatic nitrogens is 3. The summed E-state index contributed by atoms with van der Waals surface area (Å²) in [5.74, 6) is 1.52. The molecule has 138 valence electrons. The summed E-state index contributed by atoms with van der Waals surface area (Å²) in [7, 11) is 0. The highest BCUT2D eigenvalue weighted by atomic mass is 16.3. The number of fused-ring (bicyclic) bond motifs is 3. The smallest absolute Gasteiger partial charge is 0.291 e. The minimum absolute atomic E-state index is 0.0691. The predicted molar refractivity (Wildman–Crippen MR) is 98.1 cm³/mol. The minimum atomic E-state index is -0.290. The van der Waals surface area contributed by atoms with Crippen molar-refractivity contribution >= 4 is 22.5 Å². The molecule has 0 radical (unpaired) electrons. The van der Waals surface area contributed by atoms with Crippen molar-refractivity contribution in [3.05, 3.63) is 34.6 Å². The molecule has 4 rings (SSSR count). The molecule has 1 N–H and O–H groups in total. The van der Waals surface area contributed by atoms with Crippen molar-refractivity contribution in [3.63, 3.8) is 0 Å². The Morgan fingerprint density at radius 2 is 2.15 bits per heavy atom. The fourth-order valence-electron chi connectivity index (χ4n) is 4.11. The number of amides is 1. The van der Waals surface area contributed by atoms with Crippen LogP contribution in [-0.2, 0) is 11.3 Å². The number of rotatable bonds is 3. The zero-order valence-corrected chi connectivity index (χ0v) is 15.4. The first-order valence-electron chi connectivity index (χ1n) is 9.21. The van der Waals surface area contributed by atoms with Crippen molar-refractivity contribution in [2.75, 3.05) is 0 Å². The number of aryl methyl sites for hydroxylation is 1. The molecule has 3 unspecified atom stereocenters. The van der Waals surface area contributed by atoms with Crippen molar-refractivity contribution < 1.29 is 9.21 Å². The summed E-state index contributed by atoms with van der Waals surface area (Å²) in [5, 5.41) is 7.43. The predicted octanol–water partition coefficient (Wildman–Crippen LogP) is 2.49. The highest BCUT2D eigenvalue weighted by Gasteiger charge is 2.28. The highest BCUT2D eigenvalue weighted by molar-refractivity contribution is 5.82. The van der Waals surface area contributed by atoms with Crippen molar-refractivity contribution in [2.24, 2.45) is 11.8 Å². The summed E-state index contributed by atoms with van der Waals surface area (Å²) >= 11 is 0. The van der Waals surface area contributed by atoms with Gasteiger partial charge in [0.2, 0.25) is 5.91 Å². The van der Waals surface area contributed by atoms with E-state index in [0.717, 1.165) is 18.4 Å². The third kappa shape index (κ3) is 2.71. The maximum Gasteiger partial charge on any atom is 0.291 e. The van der Waals surface area contributed by atoms with E-state index >= 15 is 0 Å². The van der Waals surface area contributed by atoms with Gasteiger partial charge in [-0.2, -0.15) is 5.10 Å². The molecule has 0 aromatic carbocycles. The summed E-state index contributed by atoms with van der Waals surface area (Å²) in [6.07, 6.45) is 4.91. The van der Waals surface area contributed by atoms with Gasteiger partial charge in [-0.25, -0.2) is 4.68 Å². The van der Waals surface area contributed by atoms with E-state index < -0.39 is 0 Å². The zero-order chi connectivity index (χ0) is 18.4. The number of hydrogen-bond donors (Lipinski definition) is 1. The lowest BCUT2D eigenvalue weighted by molar-refractivity contribution is -0.123. The van der Waals surface area contributed by atoms with Crippen molar-refractivity contribution in [2.45, 2.75) is 52.6 Å². The van der Waals surface area contributed by atoms with Gasteiger partial charge in [-0.05, 0) is 25.2 Å². The van der Waals surface area contributed by atoms with Crippen LogP contribution in [0.2, 0.25) is 0 Å². The maximum absolute atomic E-state index is 12.8. The number of nitrogens with zero attached hydrogens (tertiary/aromatic N) is 3. The van der Waals surface area contributed by atoms with Crippen LogP contribution in [0.15, 0.2) is 27.6 Å². The lowest BCUT2D eigenvalue weighted by Gasteiger charge is -2.34. The fraction of sp³-hybridized carbons (Fsp3) is 0.526. The summed E-state index contributed by atoms with van der Waals surface area (Å²) in [5.41, 5.74) is 1.63. The van der Waals surface area contributed by atoms with E-state index in [1.807, 2.05) is 6.92 Å². The van der Waals surface area contributed by atoms with Gasteiger partial charge in [0.15, 0.2) is 5.58 Å². The van der Waals surface area contributed by atoms with Crippen LogP contribution in [0.25, 0.3) is 16.6 Å². The Kier molecular flexibility index (Phi) is 4.09. The molecule has 0 spiro atoms. The van der Waals surface area contributed by atoms with Crippen molar-refractivity contribution in [3.8, 4) is 0 Å². The Hall–Kier alpha value is -2.57. The lowest BCUT2D eigenvalue weighted by Crippen LogP contribution is -2.46. The molecule has 0 aliphatic heterocycles. The van der Waals surface area contributed by atoms with Crippen LogP contribution in [0, 0.1) is 18.8 Å². The van der Waals surface area contributed by atoms with Crippen LogP contribution < -0.4 is 10.9 Å². The molecule has 3 atom stereocenters. The third-order valence-corrected chi connectivity index (χ3v) is 5.81. The van der Waals surface area contributed by atoms with E-state index in [4.69, 9.17) is 4.42 Å². The van der Waals surface area contributed by atoms with Crippen LogP contribution in [0.4, 0.5) is 0 Å². The Morgan fingerprint density at radius 3 is 2.96 bits per heavy atom. The van der Waals surface area contributed by atoms with E-state index in [0.29, 0.717) is 28.8 Å². The molecule has 1 aliphatic carbocycles. The Bertz CT molecular complexity index is 1030. The van der Waals surface area contributed by atoms with Gasteiger partial charge in [-0.3, -0.25) is 14.0 Å². The van der Waals surface area contributed by atoms with Crippen molar-refractivity contribution in [1.29, 1.82) is 0 Å². The monoisotopic (exact) mass is 356 g/mol. The molecule has 1 fully saturated rings. The van der Waals surface area contributed by atoms with Gasteiger partial charge in [-0.15, -0.1) is 0 Å². The van der Waals surface area contributed by atoms with Gasteiger partial charge in [-0.1, -0.05) is 26.7 Å². The number of hydrogen-bond acceptors (Lipinski definition) is 4. The first kappa shape index (κ1) is 16.9. The molecule has 3 aromatic rings. The second kappa shape index (κ2) is 6.30. The molecular weight excluding hydrogens is 332 g/mol. The van der Waals surface area contributed by atoms with Gasteiger partial charge in [0, 0.05) is 18.2 Å². The summed E-state index contributed by atoms with van der Waals surface area (Å²) in [6.45, 7) is 6.16. The minimum Gasteiger partial charge on any atom is -0.463 e. The summed E-state index contributed by atoms with van der Waals surface area (Å²) < 4.78 is 8.39. The van der Waals surface area contributed by atoms with Crippen LogP contribution in [0.5, 0.6) is 0 Å². The maximum atomic E-state index is 12.8. The molecule has 1 aliphatic rings. The molecule has 26 heavy (non-hydrogen) atoms. The number of carbonyl (C=O) groups excluding carboxylic acids is 1. The Morgan fingerprint density at radius 1 is 1.35 bits per heavy atom. The first-order chi connectivity index (χ1) is 12.5. The second-order valence-corrected chi connectivity index (χ2v) is 7.49. The van der Waals surface area contributed by atoms with Gasteiger partial charge < -0.3 is 9.73 Å². The number of nitrogens with one attached hydrogen (secondary N) is 1. The normalized spacial score (nSPS) is 23.6. The largest absolute Gasteiger partial charge is 0.463 e. The highest BCUT2D eigenvalue weighted by Crippen LogP contribution is 2.29. The molecule has 7 heteroatoms. The van der Waals surface area contributed by atoms with Crippen LogP contribution in [0.1, 0.15) is 38.9 Å². The molecule has 3 aromatic heterocycles. The topological polar surface area (TPSA) is 81.5 Å². The van der Waals surface area contributed by atoms with E-state index in [2.05, 4.69) is 24.3 Å². The molecule has 1 amide bonds. The van der Waals surface area contributed by atoms with Crippen molar-refractivity contribution in [1.82, 2.24) is 19.5 Å². The number of carbonyl (C=O) groups is 1. The molecule has 3 heterocycles. The van der Waals surface area contributed by atoms with Gasteiger partial charge in [0.1, 0.15) is 17.9 Å². The van der Waals surface area contributed by atoms with E-state index in [1.165, 1.54) is 11.1 Å². The van der Waals surface area contributed by atoms with Gasteiger partial charge >= 0.3 is 0 Å². The zero-order valence-electron chi connectivity index (χ0n) is 15.4. The summed E-state index contributed by atoms with van der Waals surface area (Å²) in [6, 6.07) is 3.67. The number of furan rings is 1. The van der Waals surface area contributed by atoms with Gasteiger partial charge in [0.05, 0.1) is 11.8 Å². The Labute approximate surface area is 151 Å². The van der Waals surface area contributed by atoms with Gasteiger partial charge in [0.25, 0.3) is 5.56 Å². The SMILES string of the molecule is Cc1nn(CC(=O)NC2CCCC(C)C2C)c(=O)c2cc3occc3n12. The molecule has 0 saturated heterocycles. The van der Waals surface area contributed by atoms with E-state index in [1.54, 1.807) is 22.8 Å². The standard InChI is InChI=1S/C19H24N4O3/c1-11-5-4-6-14(12(11)2)20-18(24)10-22-19(25)16-9-17-15(7-8-26-17)23(16)13(3)21-22/h7-9,11-12,14H,4-6,10H2,1-3H3,(H,20,24).